The van der Waals surface area contributed by atoms with Gasteiger partial charge < -0.3 is 24.4 Å². The number of rotatable bonds is 7. The molecule has 2 N–H and O–H groups in total. The molecule has 3 aliphatic heterocycles. The zero-order valence-corrected chi connectivity index (χ0v) is 25.4. The van der Waals surface area contributed by atoms with Crippen LogP contribution in [-0.2, 0) is 22.4 Å². The highest BCUT2D eigenvalue weighted by molar-refractivity contribution is 5.79. The molecule has 0 saturated carbocycles. The summed E-state index contributed by atoms with van der Waals surface area (Å²) < 4.78 is 92.6. The topological polar surface area (TPSA) is 77.5 Å². The number of piperazine rings is 1. The van der Waals surface area contributed by atoms with Crippen molar-refractivity contribution in [2.75, 3.05) is 57.5 Å². The number of anilines is 1. The van der Waals surface area contributed by atoms with Gasteiger partial charge in [0.2, 0.25) is 5.91 Å². The third kappa shape index (κ3) is 6.28. The van der Waals surface area contributed by atoms with Gasteiger partial charge in [-0.3, -0.25) is 15.0 Å². The van der Waals surface area contributed by atoms with Crippen LogP contribution in [0.5, 0.6) is 11.5 Å². The molecule has 3 aliphatic rings. The number of alkyl halides is 6. The average Bonchev–Trinajstić information content (AvgIpc) is 3.36. The fraction of sp³-hybridized carbons (Fsp3) is 0.581. The van der Waals surface area contributed by atoms with E-state index in [0.29, 0.717) is 75.7 Å². The highest BCUT2D eigenvalue weighted by atomic mass is 19.4. The number of ether oxygens (including phenoxy) is 2. The first-order valence-corrected chi connectivity index (χ1v) is 15.0. The molecular weight excluding hydrogens is 606 g/mol. The van der Waals surface area contributed by atoms with Crippen molar-refractivity contribution in [1.29, 1.82) is 0 Å². The zero-order chi connectivity index (χ0) is 32.8. The molecule has 0 aliphatic carbocycles. The number of fused-ring (bicyclic) bond motifs is 1. The van der Waals surface area contributed by atoms with Crippen LogP contribution < -0.4 is 19.7 Å². The third-order valence-corrected chi connectivity index (χ3v) is 8.90. The summed E-state index contributed by atoms with van der Waals surface area (Å²) in [7, 11) is 0. The highest BCUT2D eigenvalue weighted by Crippen LogP contribution is 2.50. The van der Waals surface area contributed by atoms with E-state index in [2.05, 4.69) is 12.2 Å². The predicted octanol–water partition coefficient (Wildman–Crippen LogP) is 4.54. The van der Waals surface area contributed by atoms with Gasteiger partial charge in [0.1, 0.15) is 13.2 Å². The molecule has 14 heteroatoms. The van der Waals surface area contributed by atoms with Gasteiger partial charge in [0.15, 0.2) is 11.5 Å². The monoisotopic (exact) mass is 644 g/mol. The molecule has 45 heavy (non-hydrogen) atoms. The molecule has 0 bridgehead atoms. The molecule has 0 radical (unpaired) electrons. The molecule has 2 atom stereocenters. The lowest BCUT2D eigenvalue weighted by atomic mass is 9.89. The molecule has 2 aromatic rings. The van der Waals surface area contributed by atoms with Gasteiger partial charge in [-0.15, -0.1) is 0 Å². The van der Waals surface area contributed by atoms with Gasteiger partial charge in [0.25, 0.3) is 5.60 Å². The number of aryl methyl sites for hydroxylation is 1. The summed E-state index contributed by atoms with van der Waals surface area (Å²) in [5.41, 5.74) is -4.88. The molecule has 0 spiro atoms. The summed E-state index contributed by atoms with van der Waals surface area (Å²) in [4.78, 5) is 19.0. The Bertz CT molecular complexity index is 1390. The minimum absolute atomic E-state index is 0.0701. The molecular formula is C31H38F6N4O4. The lowest BCUT2D eigenvalue weighted by molar-refractivity contribution is -0.376. The summed E-state index contributed by atoms with van der Waals surface area (Å²) in [6.45, 7) is 8.97. The van der Waals surface area contributed by atoms with Crippen LogP contribution >= 0.6 is 0 Å². The van der Waals surface area contributed by atoms with Crippen LogP contribution in [0, 0.1) is 0 Å². The van der Waals surface area contributed by atoms with Gasteiger partial charge in [-0.2, -0.15) is 26.3 Å². The van der Waals surface area contributed by atoms with E-state index in [9.17, 15) is 36.2 Å². The second-order valence-corrected chi connectivity index (χ2v) is 12.2. The molecule has 2 unspecified atom stereocenters. The molecule has 2 fully saturated rings. The average molecular weight is 645 g/mol. The minimum Gasteiger partial charge on any atom is -0.486 e. The van der Waals surface area contributed by atoms with Crippen molar-refractivity contribution >= 4 is 11.6 Å². The van der Waals surface area contributed by atoms with E-state index in [4.69, 9.17) is 9.47 Å². The van der Waals surface area contributed by atoms with Crippen molar-refractivity contribution in [3.63, 3.8) is 0 Å². The predicted molar refractivity (Wildman–Crippen MR) is 154 cm³/mol. The molecule has 248 valence electrons. The maximum absolute atomic E-state index is 13.5. The van der Waals surface area contributed by atoms with Crippen molar-refractivity contribution in [2.24, 2.45) is 0 Å². The smallest absolute Gasteiger partial charge is 0.430 e. The van der Waals surface area contributed by atoms with Gasteiger partial charge in [-0.05, 0) is 49.6 Å². The summed E-state index contributed by atoms with van der Waals surface area (Å²) in [5.74, 6) is 1.32. The number of hydrogen-bond donors (Lipinski definition) is 2. The molecule has 0 aromatic heterocycles. The Balaban J connectivity index is 1.25. The Labute approximate surface area is 257 Å². The van der Waals surface area contributed by atoms with Gasteiger partial charge in [0, 0.05) is 50.1 Å². The number of carbonyl (C=O) groups excluding carboxylic acids is 1. The second-order valence-electron chi connectivity index (χ2n) is 12.2. The minimum atomic E-state index is -5.96. The van der Waals surface area contributed by atoms with Crippen LogP contribution in [-0.4, -0.2) is 91.8 Å². The SMILES string of the molecule is CCCc1cc(C(O)(C(F)(F)F)C(F)(F)F)ccc1N1CCN(C(=O)CN2CNC(C)(c3ccc4c(c3)OCCO4)C2)CC1C. The lowest BCUT2D eigenvalue weighted by Gasteiger charge is -2.43. The number of nitrogens with one attached hydrogen (secondary N) is 1. The van der Waals surface area contributed by atoms with Crippen LogP contribution in [0.15, 0.2) is 36.4 Å². The number of nitrogens with zero attached hydrogens (tertiary/aromatic N) is 3. The Morgan fingerprint density at radius 3 is 2.36 bits per heavy atom. The van der Waals surface area contributed by atoms with E-state index < -0.39 is 29.1 Å². The lowest BCUT2D eigenvalue weighted by Crippen LogP contribution is -2.56. The Morgan fingerprint density at radius 1 is 1.02 bits per heavy atom. The molecule has 2 aromatic carbocycles. The molecule has 2 saturated heterocycles. The zero-order valence-electron chi connectivity index (χ0n) is 25.4. The number of amides is 1. The standard InChI is InChI=1S/C31H38F6N4O4/c1-4-5-21-14-23(29(43,30(32,33)34)31(35,36)37)6-8-24(21)41-11-10-40(16-20(41)2)27(42)17-39-18-28(3,38-19-39)22-7-9-25-26(15-22)45-13-12-44-25/h6-9,14-15,20,38,43H,4-5,10-13,16-19H2,1-3H3. The summed E-state index contributed by atoms with van der Waals surface area (Å²) in [6.07, 6.45) is -11.2. The maximum atomic E-state index is 13.5. The molecule has 8 nitrogen and oxygen atoms in total. The number of hydrogen-bond acceptors (Lipinski definition) is 7. The first kappa shape index (κ1) is 33.1. The number of aliphatic hydroxyl groups is 1. The van der Waals surface area contributed by atoms with Crippen LogP contribution in [0.3, 0.4) is 0 Å². The van der Waals surface area contributed by atoms with Gasteiger partial charge in [-0.1, -0.05) is 31.5 Å². The van der Waals surface area contributed by atoms with Crippen molar-refractivity contribution in [3.05, 3.63) is 53.1 Å². The van der Waals surface area contributed by atoms with Crippen molar-refractivity contribution in [3.8, 4) is 11.5 Å². The Kier molecular flexibility index (Phi) is 8.97. The number of carbonyl (C=O) groups is 1. The van der Waals surface area contributed by atoms with Crippen LogP contribution in [0.1, 0.15) is 43.9 Å². The van der Waals surface area contributed by atoms with E-state index in [1.807, 2.05) is 34.9 Å². The van der Waals surface area contributed by atoms with E-state index in [1.54, 1.807) is 11.8 Å². The summed E-state index contributed by atoms with van der Waals surface area (Å²) >= 11 is 0. The van der Waals surface area contributed by atoms with Crippen molar-refractivity contribution < 1.29 is 45.7 Å². The normalized spacial score (nSPS) is 23.0. The van der Waals surface area contributed by atoms with Crippen LogP contribution in [0.25, 0.3) is 0 Å². The summed E-state index contributed by atoms with van der Waals surface area (Å²) in [5, 5.41) is 13.4. The van der Waals surface area contributed by atoms with E-state index in [0.717, 1.165) is 11.6 Å². The first-order chi connectivity index (χ1) is 21.1. The van der Waals surface area contributed by atoms with E-state index >= 15 is 0 Å². The Morgan fingerprint density at radius 2 is 1.71 bits per heavy atom. The van der Waals surface area contributed by atoms with Crippen LogP contribution in [0.2, 0.25) is 0 Å². The van der Waals surface area contributed by atoms with Crippen molar-refractivity contribution in [2.45, 2.75) is 63.1 Å². The van der Waals surface area contributed by atoms with Gasteiger partial charge >= 0.3 is 12.4 Å². The van der Waals surface area contributed by atoms with Crippen molar-refractivity contribution in [1.82, 2.24) is 15.1 Å². The number of halogens is 6. The van der Waals surface area contributed by atoms with E-state index in [-0.39, 0.29) is 30.5 Å². The Hall–Kier alpha value is -3.23. The highest BCUT2D eigenvalue weighted by Gasteiger charge is 2.71. The first-order valence-electron chi connectivity index (χ1n) is 15.0. The second kappa shape index (κ2) is 12.2. The molecule has 1 amide bonds. The third-order valence-electron chi connectivity index (χ3n) is 8.90. The van der Waals surface area contributed by atoms with Gasteiger partial charge in [-0.25, -0.2) is 0 Å². The summed E-state index contributed by atoms with van der Waals surface area (Å²) in [6, 6.07) is 8.29. The maximum Gasteiger partial charge on any atom is 0.430 e. The quantitative estimate of drug-likeness (QED) is 0.429. The molecule has 5 rings (SSSR count). The number of benzene rings is 2. The molecule has 3 heterocycles. The fourth-order valence-corrected chi connectivity index (χ4v) is 6.42. The van der Waals surface area contributed by atoms with Gasteiger partial charge in [0.05, 0.1) is 12.1 Å². The fourth-order valence-electron chi connectivity index (χ4n) is 6.42. The largest absolute Gasteiger partial charge is 0.486 e. The van der Waals surface area contributed by atoms with E-state index in [1.165, 1.54) is 6.07 Å². The van der Waals surface area contributed by atoms with Crippen LogP contribution in [0.4, 0.5) is 32.0 Å².